The standard InChI is InChI=1S/C15H22N4O2/c1-2-16-15(21)19-13-9-8-11(10-17-13)14(20)18-12-6-4-3-5-7-12/h8-10,12H,2-7H2,1H3,(H,18,20)(H2,16,17,19,21). The number of hydrogen-bond donors (Lipinski definition) is 3. The Labute approximate surface area is 124 Å². The number of nitrogens with zero attached hydrogens (tertiary/aromatic N) is 1. The molecule has 0 aliphatic heterocycles. The van der Waals surface area contributed by atoms with E-state index in [1.807, 2.05) is 6.92 Å². The second kappa shape index (κ2) is 7.61. The Morgan fingerprint density at radius 3 is 2.62 bits per heavy atom. The summed E-state index contributed by atoms with van der Waals surface area (Å²) in [5, 5.41) is 8.25. The molecule has 0 unspecified atom stereocenters. The van der Waals surface area contributed by atoms with Crippen LogP contribution < -0.4 is 16.0 Å². The van der Waals surface area contributed by atoms with Crippen molar-refractivity contribution in [2.75, 3.05) is 11.9 Å². The molecule has 114 valence electrons. The van der Waals surface area contributed by atoms with Gasteiger partial charge in [-0.2, -0.15) is 0 Å². The van der Waals surface area contributed by atoms with Gasteiger partial charge < -0.3 is 10.6 Å². The molecule has 1 heterocycles. The molecule has 0 spiro atoms. The number of carbonyl (C=O) groups is 2. The van der Waals surface area contributed by atoms with Crippen molar-refractivity contribution < 1.29 is 9.59 Å². The van der Waals surface area contributed by atoms with Crippen LogP contribution in [0, 0.1) is 0 Å². The molecule has 1 aliphatic carbocycles. The van der Waals surface area contributed by atoms with Crippen LogP contribution in [0.15, 0.2) is 18.3 Å². The average molecular weight is 290 g/mol. The van der Waals surface area contributed by atoms with Crippen molar-refractivity contribution in [2.45, 2.75) is 45.1 Å². The van der Waals surface area contributed by atoms with Gasteiger partial charge in [0.2, 0.25) is 0 Å². The van der Waals surface area contributed by atoms with Crippen molar-refractivity contribution in [1.82, 2.24) is 15.6 Å². The third-order valence-corrected chi connectivity index (χ3v) is 3.54. The third-order valence-electron chi connectivity index (χ3n) is 3.54. The first-order valence-corrected chi connectivity index (χ1v) is 7.51. The van der Waals surface area contributed by atoms with E-state index in [9.17, 15) is 9.59 Å². The highest BCUT2D eigenvalue weighted by Gasteiger charge is 2.16. The average Bonchev–Trinajstić information content (AvgIpc) is 2.49. The maximum atomic E-state index is 12.1. The molecule has 0 radical (unpaired) electrons. The number of amides is 3. The van der Waals surface area contributed by atoms with Gasteiger partial charge in [-0.05, 0) is 31.9 Å². The van der Waals surface area contributed by atoms with Crippen LogP contribution in [0.4, 0.5) is 10.6 Å². The van der Waals surface area contributed by atoms with E-state index >= 15 is 0 Å². The summed E-state index contributed by atoms with van der Waals surface area (Å²) in [6, 6.07) is 3.28. The zero-order chi connectivity index (χ0) is 15.1. The molecular formula is C15H22N4O2. The van der Waals surface area contributed by atoms with Crippen LogP contribution in [0.3, 0.4) is 0 Å². The van der Waals surface area contributed by atoms with Crippen molar-refractivity contribution in [3.8, 4) is 0 Å². The second-order valence-electron chi connectivity index (χ2n) is 5.22. The minimum atomic E-state index is -0.301. The predicted molar refractivity (Wildman–Crippen MR) is 81.3 cm³/mol. The Balaban J connectivity index is 1.88. The fourth-order valence-corrected chi connectivity index (χ4v) is 2.44. The van der Waals surface area contributed by atoms with Gasteiger partial charge in [0.25, 0.3) is 5.91 Å². The highest BCUT2D eigenvalue weighted by Crippen LogP contribution is 2.17. The second-order valence-corrected chi connectivity index (χ2v) is 5.22. The first kappa shape index (κ1) is 15.3. The lowest BCUT2D eigenvalue weighted by molar-refractivity contribution is 0.0927. The molecule has 1 fully saturated rings. The van der Waals surface area contributed by atoms with Crippen LogP contribution in [0.1, 0.15) is 49.4 Å². The molecule has 1 aliphatic rings. The van der Waals surface area contributed by atoms with Crippen molar-refractivity contribution >= 4 is 17.8 Å². The molecular weight excluding hydrogens is 268 g/mol. The number of aromatic nitrogens is 1. The minimum Gasteiger partial charge on any atom is -0.349 e. The number of pyridine rings is 1. The summed E-state index contributed by atoms with van der Waals surface area (Å²) in [5.41, 5.74) is 0.516. The van der Waals surface area contributed by atoms with E-state index < -0.39 is 0 Å². The van der Waals surface area contributed by atoms with Gasteiger partial charge >= 0.3 is 6.03 Å². The molecule has 6 nitrogen and oxygen atoms in total. The fraction of sp³-hybridized carbons (Fsp3) is 0.533. The lowest BCUT2D eigenvalue weighted by Gasteiger charge is -2.22. The number of hydrogen-bond acceptors (Lipinski definition) is 3. The van der Waals surface area contributed by atoms with E-state index in [0.29, 0.717) is 17.9 Å². The summed E-state index contributed by atoms with van der Waals surface area (Å²) in [6.45, 7) is 2.39. The number of carbonyl (C=O) groups excluding carboxylic acids is 2. The summed E-state index contributed by atoms with van der Waals surface area (Å²) in [5.74, 6) is 0.328. The van der Waals surface area contributed by atoms with Crippen LogP contribution in [-0.4, -0.2) is 29.5 Å². The van der Waals surface area contributed by atoms with Crippen molar-refractivity contribution in [1.29, 1.82) is 0 Å². The zero-order valence-corrected chi connectivity index (χ0v) is 12.3. The smallest absolute Gasteiger partial charge is 0.320 e. The summed E-state index contributed by atoms with van der Waals surface area (Å²) >= 11 is 0. The molecule has 0 atom stereocenters. The Morgan fingerprint density at radius 2 is 2.00 bits per heavy atom. The minimum absolute atomic E-state index is 0.0982. The largest absolute Gasteiger partial charge is 0.349 e. The maximum absolute atomic E-state index is 12.1. The van der Waals surface area contributed by atoms with Gasteiger partial charge in [0.1, 0.15) is 5.82 Å². The number of rotatable bonds is 4. The Hall–Kier alpha value is -2.11. The van der Waals surface area contributed by atoms with Gasteiger partial charge in [0.05, 0.1) is 5.56 Å². The van der Waals surface area contributed by atoms with Crippen LogP contribution in [0.2, 0.25) is 0 Å². The number of nitrogens with one attached hydrogen (secondary N) is 3. The summed E-state index contributed by atoms with van der Waals surface area (Å²) in [4.78, 5) is 27.5. The third kappa shape index (κ3) is 4.73. The molecule has 3 N–H and O–H groups in total. The van der Waals surface area contributed by atoms with Crippen LogP contribution in [0.5, 0.6) is 0 Å². The number of anilines is 1. The molecule has 2 rings (SSSR count). The summed E-state index contributed by atoms with van der Waals surface area (Å²) in [6.07, 6.45) is 7.21. The predicted octanol–water partition coefficient (Wildman–Crippen LogP) is 2.29. The summed E-state index contributed by atoms with van der Waals surface area (Å²) in [7, 11) is 0. The molecule has 0 bridgehead atoms. The molecule has 1 aromatic rings. The van der Waals surface area contributed by atoms with Crippen LogP contribution >= 0.6 is 0 Å². The molecule has 0 aromatic carbocycles. The van der Waals surface area contributed by atoms with E-state index in [0.717, 1.165) is 12.8 Å². The van der Waals surface area contributed by atoms with E-state index in [1.165, 1.54) is 25.5 Å². The molecule has 1 aromatic heterocycles. The normalized spacial score (nSPS) is 15.3. The number of urea groups is 1. The first-order valence-electron chi connectivity index (χ1n) is 7.51. The lowest BCUT2D eigenvalue weighted by atomic mass is 9.95. The Morgan fingerprint density at radius 1 is 1.24 bits per heavy atom. The van der Waals surface area contributed by atoms with Crippen LogP contribution in [0.25, 0.3) is 0 Å². The van der Waals surface area contributed by atoms with E-state index in [2.05, 4.69) is 20.9 Å². The van der Waals surface area contributed by atoms with Gasteiger partial charge in [-0.3, -0.25) is 10.1 Å². The first-order chi connectivity index (χ1) is 10.2. The highest BCUT2D eigenvalue weighted by atomic mass is 16.2. The van der Waals surface area contributed by atoms with Gasteiger partial charge in [-0.15, -0.1) is 0 Å². The Bertz CT molecular complexity index is 481. The lowest BCUT2D eigenvalue weighted by Crippen LogP contribution is -2.36. The van der Waals surface area contributed by atoms with E-state index in [4.69, 9.17) is 0 Å². The molecule has 6 heteroatoms. The fourth-order valence-electron chi connectivity index (χ4n) is 2.44. The zero-order valence-electron chi connectivity index (χ0n) is 12.3. The quantitative estimate of drug-likeness (QED) is 0.795. The van der Waals surface area contributed by atoms with Crippen molar-refractivity contribution in [3.05, 3.63) is 23.9 Å². The molecule has 21 heavy (non-hydrogen) atoms. The molecule has 3 amide bonds. The van der Waals surface area contributed by atoms with Gasteiger partial charge in [-0.25, -0.2) is 9.78 Å². The molecule has 1 saturated carbocycles. The van der Waals surface area contributed by atoms with Gasteiger partial charge in [0, 0.05) is 18.8 Å². The van der Waals surface area contributed by atoms with Crippen molar-refractivity contribution in [3.63, 3.8) is 0 Å². The molecule has 0 saturated heterocycles. The van der Waals surface area contributed by atoms with E-state index in [1.54, 1.807) is 12.1 Å². The topological polar surface area (TPSA) is 83.1 Å². The maximum Gasteiger partial charge on any atom is 0.320 e. The van der Waals surface area contributed by atoms with Crippen molar-refractivity contribution in [2.24, 2.45) is 0 Å². The highest BCUT2D eigenvalue weighted by molar-refractivity contribution is 5.94. The SMILES string of the molecule is CCNC(=O)Nc1ccc(C(=O)NC2CCCCC2)cn1. The van der Waals surface area contributed by atoms with Gasteiger partial charge in [-0.1, -0.05) is 19.3 Å². The van der Waals surface area contributed by atoms with E-state index in [-0.39, 0.29) is 18.0 Å². The monoisotopic (exact) mass is 290 g/mol. The van der Waals surface area contributed by atoms with Crippen LogP contribution in [-0.2, 0) is 0 Å². The van der Waals surface area contributed by atoms with Gasteiger partial charge in [0.15, 0.2) is 0 Å². The Kier molecular flexibility index (Phi) is 5.54. The summed E-state index contributed by atoms with van der Waals surface area (Å²) < 4.78 is 0.